The van der Waals surface area contributed by atoms with Crippen LogP contribution in [-0.4, -0.2) is 81.4 Å². The van der Waals surface area contributed by atoms with E-state index in [0.717, 1.165) is 19.5 Å². The third-order valence-electron chi connectivity index (χ3n) is 6.75. The number of hydrogen-bond donors (Lipinski definition) is 0. The number of carbonyl (C=O) groups is 1. The molecule has 0 unspecified atom stereocenters. The Morgan fingerprint density at radius 1 is 1.00 bits per heavy atom. The van der Waals surface area contributed by atoms with Crippen LogP contribution in [0, 0.1) is 5.41 Å². The van der Waals surface area contributed by atoms with Crippen molar-refractivity contribution >= 4 is 27.5 Å². The van der Waals surface area contributed by atoms with Crippen LogP contribution in [0.3, 0.4) is 0 Å². The Labute approximate surface area is 207 Å². The fourth-order valence-electron chi connectivity index (χ4n) is 4.68. The molecule has 7 nitrogen and oxygen atoms in total. The second-order valence-electron chi connectivity index (χ2n) is 9.36. The Bertz CT molecular complexity index is 1070. The van der Waals surface area contributed by atoms with Gasteiger partial charge in [-0.3, -0.25) is 4.79 Å². The number of halogens is 1. The predicted octanol–water partition coefficient (Wildman–Crippen LogP) is 3.35. The van der Waals surface area contributed by atoms with E-state index in [-0.39, 0.29) is 30.4 Å². The maximum absolute atomic E-state index is 13.4. The van der Waals surface area contributed by atoms with Crippen molar-refractivity contribution in [2.24, 2.45) is 5.41 Å². The third kappa shape index (κ3) is 5.92. The van der Waals surface area contributed by atoms with Gasteiger partial charge in [0.2, 0.25) is 15.9 Å². The molecule has 0 aliphatic carbocycles. The molecule has 184 valence electrons. The molecule has 1 amide bonds. The molecule has 2 saturated heterocycles. The first-order chi connectivity index (χ1) is 16.3. The lowest BCUT2D eigenvalue weighted by Crippen LogP contribution is -2.53. The number of benzene rings is 2. The highest BCUT2D eigenvalue weighted by Gasteiger charge is 2.43. The number of rotatable bonds is 7. The molecule has 2 aliphatic heterocycles. The van der Waals surface area contributed by atoms with Crippen LogP contribution >= 0.6 is 11.6 Å². The van der Waals surface area contributed by atoms with Gasteiger partial charge in [-0.15, -0.1) is 0 Å². The summed E-state index contributed by atoms with van der Waals surface area (Å²) in [5.41, 5.74) is -0.603. The van der Waals surface area contributed by atoms with Gasteiger partial charge < -0.3 is 14.5 Å². The van der Waals surface area contributed by atoms with Gasteiger partial charge in [-0.2, -0.15) is 4.31 Å². The number of amides is 1. The molecule has 2 aromatic carbocycles. The lowest BCUT2D eigenvalue weighted by atomic mass is 9.78. The molecule has 0 radical (unpaired) electrons. The van der Waals surface area contributed by atoms with Crippen molar-refractivity contribution < 1.29 is 17.9 Å². The van der Waals surface area contributed by atoms with Crippen LogP contribution in [0.4, 0.5) is 0 Å². The molecular formula is C25H32ClN3O4S. The summed E-state index contributed by atoms with van der Waals surface area (Å²) in [6.45, 7) is 4.01. The van der Waals surface area contributed by atoms with Crippen LogP contribution in [0.2, 0.25) is 5.02 Å². The Kier molecular flexibility index (Phi) is 7.82. The molecule has 2 fully saturated rings. The number of para-hydroxylation sites is 1. The monoisotopic (exact) mass is 505 g/mol. The van der Waals surface area contributed by atoms with Gasteiger partial charge in [0, 0.05) is 56.1 Å². The van der Waals surface area contributed by atoms with Crippen LogP contribution < -0.4 is 4.74 Å². The molecule has 0 saturated carbocycles. The summed E-state index contributed by atoms with van der Waals surface area (Å²) >= 11 is 5.96. The minimum Gasteiger partial charge on any atom is -0.493 e. The zero-order chi connectivity index (χ0) is 24.2. The molecule has 34 heavy (non-hydrogen) atoms. The second-order valence-corrected chi connectivity index (χ2v) is 11.7. The molecule has 0 N–H and O–H groups in total. The predicted molar refractivity (Wildman–Crippen MR) is 133 cm³/mol. The SMILES string of the molecule is CN1CCN(C(=O)C[C@]2(COc3ccccc3)CCCN(S(=O)(=O)c3ccc(Cl)cc3)C2)CC1. The van der Waals surface area contributed by atoms with Crippen molar-refractivity contribution in [1.29, 1.82) is 0 Å². The number of ether oxygens (including phenoxy) is 1. The van der Waals surface area contributed by atoms with Crippen LogP contribution in [0.15, 0.2) is 59.5 Å². The first kappa shape index (κ1) is 25.0. The van der Waals surface area contributed by atoms with Crippen molar-refractivity contribution in [2.45, 2.75) is 24.2 Å². The van der Waals surface area contributed by atoms with E-state index in [1.165, 1.54) is 16.4 Å². The van der Waals surface area contributed by atoms with E-state index in [4.69, 9.17) is 16.3 Å². The zero-order valence-corrected chi connectivity index (χ0v) is 21.1. The molecule has 0 spiro atoms. The molecule has 9 heteroatoms. The van der Waals surface area contributed by atoms with Gasteiger partial charge in [0.25, 0.3) is 0 Å². The summed E-state index contributed by atoms with van der Waals surface area (Å²) < 4.78 is 34.5. The topological polar surface area (TPSA) is 70.2 Å². The average molecular weight is 506 g/mol. The molecule has 4 rings (SSSR count). The minimum atomic E-state index is -3.71. The summed E-state index contributed by atoms with van der Waals surface area (Å²) in [6, 6.07) is 15.7. The maximum atomic E-state index is 13.4. The van der Waals surface area contributed by atoms with Crippen LogP contribution in [0.5, 0.6) is 5.75 Å². The summed E-state index contributed by atoms with van der Waals surface area (Å²) in [5, 5.41) is 0.487. The number of piperazine rings is 1. The summed E-state index contributed by atoms with van der Waals surface area (Å²) in [6.07, 6.45) is 1.66. The van der Waals surface area contributed by atoms with Gasteiger partial charge in [-0.25, -0.2) is 8.42 Å². The molecule has 2 aliphatic rings. The Balaban J connectivity index is 1.56. The normalized spacial score (nSPS) is 22.5. The van der Waals surface area contributed by atoms with Crippen molar-refractivity contribution in [3.05, 3.63) is 59.6 Å². The lowest BCUT2D eigenvalue weighted by molar-refractivity contribution is -0.136. The molecule has 0 aromatic heterocycles. The Morgan fingerprint density at radius 3 is 2.35 bits per heavy atom. The average Bonchev–Trinajstić information content (AvgIpc) is 2.84. The molecule has 2 aromatic rings. The second kappa shape index (κ2) is 10.6. The smallest absolute Gasteiger partial charge is 0.243 e. The fourth-order valence-corrected chi connectivity index (χ4v) is 6.40. The van der Waals surface area contributed by atoms with Crippen molar-refractivity contribution in [2.75, 3.05) is 52.9 Å². The van der Waals surface area contributed by atoms with Gasteiger partial charge in [0.1, 0.15) is 5.75 Å². The van der Waals surface area contributed by atoms with E-state index in [1.54, 1.807) is 12.1 Å². The van der Waals surface area contributed by atoms with Crippen molar-refractivity contribution in [3.8, 4) is 5.75 Å². The fraction of sp³-hybridized carbons (Fsp3) is 0.480. The van der Waals surface area contributed by atoms with E-state index < -0.39 is 15.4 Å². The molecule has 0 bridgehead atoms. The maximum Gasteiger partial charge on any atom is 0.243 e. The third-order valence-corrected chi connectivity index (χ3v) is 8.86. The van der Waals surface area contributed by atoms with Crippen molar-refractivity contribution in [1.82, 2.24) is 14.1 Å². The first-order valence-corrected chi connectivity index (χ1v) is 13.5. The van der Waals surface area contributed by atoms with E-state index in [9.17, 15) is 13.2 Å². The van der Waals surface area contributed by atoms with Gasteiger partial charge >= 0.3 is 0 Å². The van der Waals surface area contributed by atoms with Gasteiger partial charge in [0.05, 0.1) is 11.5 Å². The van der Waals surface area contributed by atoms with E-state index >= 15 is 0 Å². The highest BCUT2D eigenvalue weighted by atomic mass is 35.5. The van der Waals surface area contributed by atoms with Crippen molar-refractivity contribution in [3.63, 3.8) is 0 Å². The number of sulfonamides is 1. The highest BCUT2D eigenvalue weighted by Crippen LogP contribution is 2.37. The summed E-state index contributed by atoms with van der Waals surface area (Å²) in [4.78, 5) is 17.6. The standard InChI is InChI=1S/C25H32ClN3O4S/c1-27-14-16-28(17-15-27)24(30)18-25(20-33-22-6-3-2-4-7-22)12-5-13-29(19-25)34(31,32)23-10-8-21(26)9-11-23/h2-4,6-11H,5,12-20H2,1H3/t25-/m1/s1. The number of nitrogens with zero attached hydrogens (tertiary/aromatic N) is 3. The molecule has 2 heterocycles. The molecular weight excluding hydrogens is 474 g/mol. The Hall–Kier alpha value is -2.13. The number of carbonyl (C=O) groups excluding carboxylic acids is 1. The van der Waals surface area contributed by atoms with Crippen LogP contribution in [-0.2, 0) is 14.8 Å². The van der Waals surface area contributed by atoms with Gasteiger partial charge in [-0.1, -0.05) is 29.8 Å². The highest BCUT2D eigenvalue weighted by molar-refractivity contribution is 7.89. The van der Waals surface area contributed by atoms with Gasteiger partial charge in [0.15, 0.2) is 0 Å². The molecule has 1 atom stereocenters. The zero-order valence-electron chi connectivity index (χ0n) is 19.5. The largest absolute Gasteiger partial charge is 0.493 e. The van der Waals surface area contributed by atoms with E-state index in [0.29, 0.717) is 36.8 Å². The first-order valence-electron chi connectivity index (χ1n) is 11.7. The van der Waals surface area contributed by atoms with E-state index in [1.807, 2.05) is 35.2 Å². The quantitative estimate of drug-likeness (QED) is 0.577. The minimum absolute atomic E-state index is 0.0653. The number of hydrogen-bond acceptors (Lipinski definition) is 5. The van der Waals surface area contributed by atoms with Crippen LogP contribution in [0.25, 0.3) is 0 Å². The summed E-state index contributed by atoms with van der Waals surface area (Å²) in [5.74, 6) is 0.780. The lowest BCUT2D eigenvalue weighted by Gasteiger charge is -2.43. The van der Waals surface area contributed by atoms with E-state index in [2.05, 4.69) is 11.9 Å². The number of likely N-dealkylation sites (N-methyl/N-ethyl adjacent to an activating group) is 1. The summed E-state index contributed by atoms with van der Waals surface area (Å²) in [7, 11) is -1.66. The Morgan fingerprint density at radius 2 is 1.68 bits per heavy atom. The van der Waals surface area contributed by atoms with Crippen LogP contribution in [0.1, 0.15) is 19.3 Å². The number of piperidine rings is 1. The van der Waals surface area contributed by atoms with Gasteiger partial charge in [-0.05, 0) is 56.3 Å².